The second-order valence-corrected chi connectivity index (χ2v) is 10.5. The molecule has 8 heteroatoms. The van der Waals surface area contributed by atoms with Crippen LogP contribution in [-0.4, -0.2) is 46.9 Å². The summed E-state index contributed by atoms with van der Waals surface area (Å²) in [5.41, 5.74) is 1.51. The molecule has 27 heavy (non-hydrogen) atoms. The molecule has 1 heterocycles. The number of nitrogens with zero attached hydrogens (tertiary/aromatic N) is 1. The molecule has 1 N–H and O–H groups in total. The zero-order chi connectivity index (χ0) is 19.8. The van der Waals surface area contributed by atoms with Gasteiger partial charge >= 0.3 is 5.97 Å². The van der Waals surface area contributed by atoms with Crippen LogP contribution < -0.4 is 0 Å². The van der Waals surface area contributed by atoms with Gasteiger partial charge in [-0.25, -0.2) is 12.8 Å². The van der Waals surface area contributed by atoms with Gasteiger partial charge in [0.15, 0.2) is 0 Å². The molecule has 2 aromatic carbocycles. The predicted octanol–water partition coefficient (Wildman–Crippen LogP) is 3.46. The summed E-state index contributed by atoms with van der Waals surface area (Å²) in [6, 6.07) is 11.0. The Hall–Kier alpha value is -1.90. The van der Waals surface area contributed by atoms with Gasteiger partial charge in [-0.2, -0.15) is 16.1 Å². The van der Waals surface area contributed by atoms with E-state index in [9.17, 15) is 22.7 Å². The number of thioether (sulfide) groups is 1. The Morgan fingerprint density at radius 2 is 1.63 bits per heavy atom. The van der Waals surface area contributed by atoms with Gasteiger partial charge in [0.1, 0.15) is 11.9 Å². The Balaban J connectivity index is 1.94. The van der Waals surface area contributed by atoms with E-state index in [1.807, 2.05) is 0 Å². The average molecular weight is 410 g/mol. The molecule has 2 aromatic rings. The van der Waals surface area contributed by atoms with Crippen molar-refractivity contribution in [3.8, 4) is 11.1 Å². The fraction of sp³-hybridized carbons (Fsp3) is 0.316. The van der Waals surface area contributed by atoms with Crippen molar-refractivity contribution in [2.24, 2.45) is 0 Å². The van der Waals surface area contributed by atoms with Crippen LogP contribution in [0.25, 0.3) is 11.1 Å². The predicted molar refractivity (Wildman–Crippen MR) is 104 cm³/mol. The second kappa shape index (κ2) is 7.26. The number of rotatable bonds is 4. The minimum Gasteiger partial charge on any atom is -0.480 e. The number of halogens is 1. The van der Waals surface area contributed by atoms with Crippen LogP contribution in [-0.2, 0) is 14.8 Å². The minimum absolute atomic E-state index is 0.0438. The molecular formula is C19H20FNO4S2. The average Bonchev–Trinajstić information content (AvgIpc) is 2.61. The number of hydrogen-bond donors (Lipinski definition) is 1. The summed E-state index contributed by atoms with van der Waals surface area (Å²) >= 11 is 1.46. The fourth-order valence-electron chi connectivity index (χ4n) is 3.23. The maximum Gasteiger partial charge on any atom is 0.323 e. The number of aliphatic carboxylic acids is 1. The lowest BCUT2D eigenvalue weighted by atomic mass is 10.0. The van der Waals surface area contributed by atoms with Gasteiger partial charge in [0, 0.05) is 17.0 Å². The molecule has 0 saturated carbocycles. The van der Waals surface area contributed by atoms with Crippen LogP contribution >= 0.6 is 11.8 Å². The van der Waals surface area contributed by atoms with E-state index >= 15 is 0 Å². The standard InChI is InChI=1S/C19H20FNO4S2/c1-19(2)17(18(22)23)21(11-12-26-19)27(24,25)16-9-5-14(6-10-16)13-3-7-15(20)8-4-13/h3-10,17H,11-12H2,1-2H3,(H,22,23). The zero-order valence-corrected chi connectivity index (χ0v) is 16.6. The summed E-state index contributed by atoms with van der Waals surface area (Å²) < 4.78 is 39.6. The third kappa shape index (κ3) is 3.88. The summed E-state index contributed by atoms with van der Waals surface area (Å²) in [5, 5.41) is 9.62. The molecule has 1 fully saturated rings. The van der Waals surface area contributed by atoms with E-state index in [1.165, 1.54) is 36.0 Å². The van der Waals surface area contributed by atoms with Gasteiger partial charge in [-0.3, -0.25) is 4.79 Å². The second-order valence-electron chi connectivity index (χ2n) is 6.84. The molecule has 144 valence electrons. The Labute approximate surface area is 162 Å². The Morgan fingerprint density at radius 1 is 1.11 bits per heavy atom. The highest BCUT2D eigenvalue weighted by molar-refractivity contribution is 8.00. The fourth-order valence-corrected chi connectivity index (χ4v) is 6.33. The lowest BCUT2D eigenvalue weighted by molar-refractivity contribution is -0.142. The van der Waals surface area contributed by atoms with Crippen LogP contribution in [0.4, 0.5) is 4.39 Å². The normalized spacial score (nSPS) is 20.3. The molecule has 0 aromatic heterocycles. The highest BCUT2D eigenvalue weighted by Crippen LogP contribution is 2.38. The summed E-state index contributed by atoms with van der Waals surface area (Å²) in [6.07, 6.45) is 0. The van der Waals surface area contributed by atoms with E-state index in [1.54, 1.807) is 38.1 Å². The Bertz CT molecular complexity index is 941. The van der Waals surface area contributed by atoms with Crippen molar-refractivity contribution in [3.63, 3.8) is 0 Å². The van der Waals surface area contributed by atoms with Crippen molar-refractivity contribution < 1.29 is 22.7 Å². The van der Waals surface area contributed by atoms with Gasteiger partial charge < -0.3 is 5.11 Å². The molecular weight excluding hydrogens is 389 g/mol. The molecule has 5 nitrogen and oxygen atoms in total. The van der Waals surface area contributed by atoms with E-state index in [2.05, 4.69) is 0 Å². The van der Waals surface area contributed by atoms with Crippen LogP contribution in [0.5, 0.6) is 0 Å². The van der Waals surface area contributed by atoms with Crippen LogP contribution in [0.15, 0.2) is 53.4 Å². The number of carboxylic acid groups (broad SMARTS) is 1. The molecule has 0 radical (unpaired) electrons. The summed E-state index contributed by atoms with van der Waals surface area (Å²) in [7, 11) is -3.95. The quantitative estimate of drug-likeness (QED) is 0.837. The highest BCUT2D eigenvalue weighted by Gasteiger charge is 2.48. The summed E-state index contributed by atoms with van der Waals surface area (Å²) in [6.45, 7) is 3.64. The molecule has 0 bridgehead atoms. The Kier molecular flexibility index (Phi) is 5.33. The molecule has 1 aliphatic rings. The SMILES string of the molecule is CC1(C)SCCN(S(=O)(=O)c2ccc(-c3ccc(F)cc3)cc2)C1C(=O)O. The third-order valence-electron chi connectivity index (χ3n) is 4.60. The minimum atomic E-state index is -3.95. The monoisotopic (exact) mass is 409 g/mol. The van der Waals surface area contributed by atoms with Crippen molar-refractivity contribution in [3.05, 3.63) is 54.3 Å². The van der Waals surface area contributed by atoms with Crippen molar-refractivity contribution in [2.45, 2.75) is 29.5 Å². The van der Waals surface area contributed by atoms with E-state index in [0.29, 0.717) is 5.75 Å². The molecule has 3 rings (SSSR count). The van der Waals surface area contributed by atoms with Crippen molar-refractivity contribution in [1.29, 1.82) is 0 Å². The molecule has 0 amide bonds. The maximum atomic E-state index is 13.1. The van der Waals surface area contributed by atoms with Gasteiger partial charge in [0.25, 0.3) is 0 Å². The molecule has 0 aliphatic carbocycles. The van der Waals surface area contributed by atoms with Crippen molar-refractivity contribution >= 4 is 27.8 Å². The smallest absolute Gasteiger partial charge is 0.323 e. The summed E-state index contributed by atoms with van der Waals surface area (Å²) in [5.74, 6) is -0.967. The van der Waals surface area contributed by atoms with E-state index in [4.69, 9.17) is 0 Å². The maximum absolute atomic E-state index is 13.1. The number of carboxylic acids is 1. The first-order chi connectivity index (χ1) is 12.6. The topological polar surface area (TPSA) is 74.7 Å². The van der Waals surface area contributed by atoms with Gasteiger partial charge in [0.2, 0.25) is 10.0 Å². The summed E-state index contributed by atoms with van der Waals surface area (Å²) in [4.78, 5) is 11.8. The van der Waals surface area contributed by atoms with Gasteiger partial charge in [-0.15, -0.1) is 0 Å². The zero-order valence-electron chi connectivity index (χ0n) is 14.9. The first kappa shape index (κ1) is 19.9. The first-order valence-corrected chi connectivity index (χ1v) is 10.8. The lowest BCUT2D eigenvalue weighted by Crippen LogP contribution is -2.58. The van der Waals surface area contributed by atoms with Crippen molar-refractivity contribution in [1.82, 2.24) is 4.31 Å². The highest BCUT2D eigenvalue weighted by atomic mass is 32.2. The molecule has 1 aliphatic heterocycles. The Morgan fingerprint density at radius 3 is 2.15 bits per heavy atom. The number of carbonyl (C=O) groups is 1. The van der Waals surface area contributed by atoms with Crippen LogP contribution in [0, 0.1) is 5.82 Å². The molecule has 1 atom stereocenters. The van der Waals surface area contributed by atoms with Crippen LogP contribution in [0.1, 0.15) is 13.8 Å². The van der Waals surface area contributed by atoms with Crippen LogP contribution in [0.3, 0.4) is 0 Å². The third-order valence-corrected chi connectivity index (χ3v) is 7.84. The largest absolute Gasteiger partial charge is 0.480 e. The van der Waals surface area contributed by atoms with Gasteiger partial charge in [0.05, 0.1) is 4.90 Å². The van der Waals surface area contributed by atoms with Crippen LogP contribution in [0.2, 0.25) is 0 Å². The van der Waals surface area contributed by atoms with E-state index in [0.717, 1.165) is 15.4 Å². The number of benzene rings is 2. The number of sulfonamides is 1. The van der Waals surface area contributed by atoms with Gasteiger partial charge in [-0.05, 0) is 49.2 Å². The van der Waals surface area contributed by atoms with E-state index in [-0.39, 0.29) is 17.3 Å². The lowest BCUT2D eigenvalue weighted by Gasteiger charge is -2.42. The van der Waals surface area contributed by atoms with Gasteiger partial charge in [-0.1, -0.05) is 24.3 Å². The number of hydrogen-bond acceptors (Lipinski definition) is 4. The molecule has 0 spiro atoms. The molecule has 1 unspecified atom stereocenters. The van der Waals surface area contributed by atoms with Crippen molar-refractivity contribution in [2.75, 3.05) is 12.3 Å². The molecule has 1 saturated heterocycles. The van der Waals surface area contributed by atoms with E-state index < -0.39 is 26.8 Å². The first-order valence-electron chi connectivity index (χ1n) is 8.37.